The van der Waals surface area contributed by atoms with E-state index in [0.29, 0.717) is 29.4 Å². The van der Waals surface area contributed by atoms with Crippen LogP contribution < -0.4 is 9.64 Å². The van der Waals surface area contributed by atoms with Gasteiger partial charge in [0.1, 0.15) is 17.9 Å². The van der Waals surface area contributed by atoms with Crippen LogP contribution in [0.5, 0.6) is 5.75 Å². The average molecular weight is 397 g/mol. The first-order chi connectivity index (χ1) is 13.2. The molecule has 0 aliphatic carbocycles. The fraction of sp³-hybridized carbons (Fsp3) is 0.421. The van der Waals surface area contributed by atoms with Crippen molar-refractivity contribution in [2.75, 3.05) is 18.0 Å². The number of carbonyl (C=O) groups excluding carboxylic acids is 1. The van der Waals surface area contributed by atoms with Crippen molar-refractivity contribution in [2.45, 2.75) is 32.5 Å². The van der Waals surface area contributed by atoms with Gasteiger partial charge in [0.2, 0.25) is 0 Å². The summed E-state index contributed by atoms with van der Waals surface area (Å²) >= 11 is 0. The number of alkyl halides is 3. The van der Waals surface area contributed by atoms with Crippen LogP contribution in [-0.2, 0) is 4.79 Å². The summed E-state index contributed by atoms with van der Waals surface area (Å²) in [7, 11) is 0. The zero-order valence-corrected chi connectivity index (χ0v) is 15.2. The summed E-state index contributed by atoms with van der Waals surface area (Å²) in [6, 6.07) is 4.86. The lowest BCUT2D eigenvalue weighted by Gasteiger charge is -2.32. The molecule has 0 spiro atoms. The second kappa shape index (κ2) is 8.12. The molecular weight excluding hydrogens is 378 g/mol. The number of ketones is 1. The Morgan fingerprint density at radius 3 is 2.54 bits per heavy atom. The first-order valence-corrected chi connectivity index (χ1v) is 8.83. The highest BCUT2D eigenvalue weighted by Crippen LogP contribution is 2.30. The summed E-state index contributed by atoms with van der Waals surface area (Å²) in [5, 5.41) is 0. The van der Waals surface area contributed by atoms with Crippen LogP contribution >= 0.6 is 0 Å². The largest absolute Gasteiger partial charge is 0.573 e. The molecule has 1 aromatic heterocycles. The molecule has 3 rings (SSSR count). The van der Waals surface area contributed by atoms with Crippen molar-refractivity contribution in [3.8, 4) is 17.0 Å². The SMILES string of the molecule is CC(=O)CC1CCN(c2cc(-c3ccc(OC(F)(F)F)c(F)c3)ncn2)CC1. The molecule has 150 valence electrons. The molecule has 1 aliphatic rings. The van der Waals surface area contributed by atoms with Crippen LogP contribution in [-0.4, -0.2) is 35.2 Å². The Kier molecular flexibility index (Phi) is 5.81. The van der Waals surface area contributed by atoms with Crippen LogP contribution in [0.15, 0.2) is 30.6 Å². The van der Waals surface area contributed by atoms with E-state index in [0.717, 1.165) is 38.1 Å². The Morgan fingerprint density at radius 2 is 1.93 bits per heavy atom. The minimum Gasteiger partial charge on any atom is -0.403 e. The molecule has 2 aromatic rings. The van der Waals surface area contributed by atoms with Crippen molar-refractivity contribution < 1.29 is 27.1 Å². The number of aromatic nitrogens is 2. The fourth-order valence-corrected chi connectivity index (χ4v) is 3.32. The van der Waals surface area contributed by atoms with Crippen molar-refractivity contribution in [1.82, 2.24) is 9.97 Å². The van der Waals surface area contributed by atoms with E-state index in [1.165, 1.54) is 12.4 Å². The molecule has 1 fully saturated rings. The first kappa shape index (κ1) is 20.0. The molecule has 0 radical (unpaired) electrons. The monoisotopic (exact) mass is 397 g/mol. The number of halogens is 4. The number of hydrogen-bond donors (Lipinski definition) is 0. The third-order valence-electron chi connectivity index (χ3n) is 4.62. The molecule has 9 heteroatoms. The third kappa shape index (κ3) is 5.17. The Balaban J connectivity index is 1.73. The molecule has 1 saturated heterocycles. The molecule has 28 heavy (non-hydrogen) atoms. The van der Waals surface area contributed by atoms with E-state index in [-0.39, 0.29) is 5.78 Å². The van der Waals surface area contributed by atoms with Gasteiger partial charge in [0.15, 0.2) is 11.6 Å². The highest BCUT2D eigenvalue weighted by molar-refractivity contribution is 5.75. The van der Waals surface area contributed by atoms with Crippen molar-refractivity contribution in [3.05, 3.63) is 36.4 Å². The Morgan fingerprint density at radius 1 is 1.21 bits per heavy atom. The summed E-state index contributed by atoms with van der Waals surface area (Å²) in [4.78, 5) is 21.6. The van der Waals surface area contributed by atoms with Crippen LogP contribution in [0.2, 0.25) is 0 Å². The molecule has 0 N–H and O–H groups in total. The van der Waals surface area contributed by atoms with E-state index < -0.39 is 17.9 Å². The number of benzene rings is 1. The van der Waals surface area contributed by atoms with Crippen LogP contribution in [0.4, 0.5) is 23.4 Å². The van der Waals surface area contributed by atoms with Gasteiger partial charge in [0, 0.05) is 31.1 Å². The second-order valence-corrected chi connectivity index (χ2v) is 6.79. The third-order valence-corrected chi connectivity index (χ3v) is 4.62. The lowest BCUT2D eigenvalue weighted by molar-refractivity contribution is -0.275. The minimum atomic E-state index is -4.96. The lowest BCUT2D eigenvalue weighted by Crippen LogP contribution is -2.34. The molecule has 5 nitrogen and oxygen atoms in total. The predicted octanol–water partition coefficient (Wildman–Crippen LogP) is 4.38. The van der Waals surface area contributed by atoms with Crippen LogP contribution in [0, 0.1) is 11.7 Å². The molecule has 0 bridgehead atoms. The van der Waals surface area contributed by atoms with Gasteiger partial charge in [-0.2, -0.15) is 0 Å². The highest BCUT2D eigenvalue weighted by Gasteiger charge is 2.32. The molecule has 0 amide bonds. The smallest absolute Gasteiger partial charge is 0.403 e. The number of carbonyl (C=O) groups is 1. The first-order valence-electron chi connectivity index (χ1n) is 8.83. The van der Waals surface area contributed by atoms with Gasteiger partial charge < -0.3 is 14.4 Å². The molecule has 1 aliphatic heterocycles. The maximum absolute atomic E-state index is 14.0. The second-order valence-electron chi connectivity index (χ2n) is 6.79. The normalized spacial score (nSPS) is 15.5. The number of nitrogens with zero attached hydrogens (tertiary/aromatic N) is 3. The predicted molar refractivity (Wildman–Crippen MR) is 94.3 cm³/mol. The van der Waals surface area contributed by atoms with Gasteiger partial charge in [-0.05, 0) is 43.9 Å². The number of Topliss-reactive ketones (excluding diaryl/α,β-unsaturated/α-hetero) is 1. The average Bonchev–Trinajstić information content (AvgIpc) is 2.63. The van der Waals surface area contributed by atoms with Gasteiger partial charge in [0.05, 0.1) is 5.69 Å². The fourth-order valence-electron chi connectivity index (χ4n) is 3.32. The molecule has 0 unspecified atom stereocenters. The Bertz CT molecular complexity index is 849. The van der Waals surface area contributed by atoms with Crippen molar-refractivity contribution >= 4 is 11.6 Å². The summed E-state index contributed by atoms with van der Waals surface area (Å²) in [5.74, 6) is -0.812. The number of piperidine rings is 1. The molecule has 0 atom stereocenters. The summed E-state index contributed by atoms with van der Waals surface area (Å²) in [6.45, 7) is 3.06. The zero-order chi connectivity index (χ0) is 20.3. The van der Waals surface area contributed by atoms with Gasteiger partial charge in [-0.1, -0.05) is 0 Å². The van der Waals surface area contributed by atoms with Crippen LogP contribution in [0.1, 0.15) is 26.2 Å². The minimum absolute atomic E-state index is 0.183. The zero-order valence-electron chi connectivity index (χ0n) is 15.2. The van der Waals surface area contributed by atoms with Gasteiger partial charge in [-0.3, -0.25) is 0 Å². The quantitative estimate of drug-likeness (QED) is 0.701. The topological polar surface area (TPSA) is 55.3 Å². The van der Waals surface area contributed by atoms with Gasteiger partial charge >= 0.3 is 6.36 Å². The van der Waals surface area contributed by atoms with E-state index in [1.54, 1.807) is 13.0 Å². The number of ether oxygens (including phenoxy) is 1. The molecular formula is C19H19F4N3O2. The van der Waals surface area contributed by atoms with E-state index in [4.69, 9.17) is 0 Å². The maximum atomic E-state index is 14.0. The van der Waals surface area contributed by atoms with Crippen molar-refractivity contribution in [1.29, 1.82) is 0 Å². The van der Waals surface area contributed by atoms with Gasteiger partial charge in [-0.15, -0.1) is 13.2 Å². The number of anilines is 1. The Labute approximate surface area is 159 Å². The standard InChI is InChI=1S/C19H19F4N3O2/c1-12(27)8-13-4-6-26(7-5-13)18-10-16(24-11-25-18)14-2-3-17(15(20)9-14)28-19(21,22)23/h2-3,9-11,13H,4-8H2,1H3. The molecule has 1 aromatic carbocycles. The van der Waals surface area contributed by atoms with E-state index >= 15 is 0 Å². The van der Waals surface area contributed by atoms with Gasteiger partial charge in [0.25, 0.3) is 0 Å². The summed E-state index contributed by atoms with van der Waals surface area (Å²) in [5.41, 5.74) is 0.718. The van der Waals surface area contributed by atoms with Gasteiger partial charge in [-0.25, -0.2) is 14.4 Å². The summed E-state index contributed by atoms with van der Waals surface area (Å²) in [6.07, 6.45) is -1.30. The van der Waals surface area contributed by atoms with Crippen molar-refractivity contribution in [3.63, 3.8) is 0 Å². The summed E-state index contributed by atoms with van der Waals surface area (Å²) < 4.78 is 54.4. The van der Waals surface area contributed by atoms with Crippen molar-refractivity contribution in [2.24, 2.45) is 5.92 Å². The molecule has 2 heterocycles. The van der Waals surface area contributed by atoms with Crippen LogP contribution in [0.25, 0.3) is 11.3 Å². The lowest BCUT2D eigenvalue weighted by atomic mass is 9.92. The Hall–Kier alpha value is -2.71. The maximum Gasteiger partial charge on any atom is 0.573 e. The number of rotatable bonds is 5. The van der Waals surface area contributed by atoms with Crippen LogP contribution in [0.3, 0.4) is 0 Å². The van der Waals surface area contributed by atoms with E-state index in [1.807, 2.05) is 0 Å². The number of hydrogen-bond acceptors (Lipinski definition) is 5. The molecule has 0 saturated carbocycles. The van der Waals surface area contributed by atoms with E-state index in [2.05, 4.69) is 19.6 Å². The highest BCUT2D eigenvalue weighted by atomic mass is 19.4. The van der Waals surface area contributed by atoms with E-state index in [9.17, 15) is 22.4 Å².